The second-order valence-electron chi connectivity index (χ2n) is 9.75. The molecule has 1 atom stereocenters. The molecule has 0 spiro atoms. The van der Waals surface area contributed by atoms with Crippen LogP contribution in [0.3, 0.4) is 0 Å². The Balaban J connectivity index is 1.47. The van der Waals surface area contributed by atoms with Crippen LogP contribution < -0.4 is 4.74 Å². The first kappa shape index (κ1) is 23.5. The third-order valence-electron chi connectivity index (χ3n) is 6.74. The third-order valence-corrected chi connectivity index (χ3v) is 6.74. The van der Waals surface area contributed by atoms with Crippen LogP contribution in [0.15, 0.2) is 24.3 Å². The summed E-state index contributed by atoms with van der Waals surface area (Å²) in [6.07, 6.45) is 4.90. The fraction of sp³-hybridized carbons (Fsp3) is 0.760. The van der Waals surface area contributed by atoms with Crippen LogP contribution in [0.5, 0.6) is 5.75 Å². The summed E-state index contributed by atoms with van der Waals surface area (Å²) in [5.74, 6) is 2.52. The van der Waals surface area contributed by atoms with Gasteiger partial charge in [0.2, 0.25) is 0 Å². The van der Waals surface area contributed by atoms with Crippen molar-refractivity contribution >= 4 is 0 Å². The molecule has 5 heteroatoms. The molecule has 170 valence electrons. The number of para-hydroxylation sites is 1. The topological polar surface area (TPSA) is 34.2 Å². The van der Waals surface area contributed by atoms with E-state index in [9.17, 15) is 0 Å². The Hall–Kier alpha value is -1.14. The molecule has 2 fully saturated rings. The highest BCUT2D eigenvalue weighted by Gasteiger charge is 2.30. The van der Waals surface area contributed by atoms with E-state index in [4.69, 9.17) is 14.2 Å². The summed E-state index contributed by atoms with van der Waals surface area (Å²) in [5, 5.41) is 0. The lowest BCUT2D eigenvalue weighted by Crippen LogP contribution is -2.43. The molecule has 0 aromatic heterocycles. The summed E-state index contributed by atoms with van der Waals surface area (Å²) >= 11 is 0. The normalized spacial score (nSPS) is 23.0. The van der Waals surface area contributed by atoms with Crippen molar-refractivity contribution in [3.63, 3.8) is 0 Å². The number of ether oxygens (including phenoxy) is 3. The number of methoxy groups -OCH3 is 2. The van der Waals surface area contributed by atoms with E-state index in [-0.39, 0.29) is 5.60 Å². The molecule has 2 aliphatic heterocycles. The van der Waals surface area contributed by atoms with Crippen molar-refractivity contribution in [3.05, 3.63) is 29.8 Å². The Morgan fingerprint density at radius 2 is 1.80 bits per heavy atom. The number of hydrogen-bond acceptors (Lipinski definition) is 5. The molecule has 2 saturated heterocycles. The molecule has 1 aromatic carbocycles. The maximum atomic E-state index is 5.93. The van der Waals surface area contributed by atoms with Gasteiger partial charge in [0.15, 0.2) is 0 Å². The second kappa shape index (κ2) is 11.5. The lowest BCUT2D eigenvalue weighted by molar-refractivity contribution is -0.0779. The van der Waals surface area contributed by atoms with E-state index >= 15 is 0 Å². The van der Waals surface area contributed by atoms with Crippen molar-refractivity contribution < 1.29 is 14.2 Å². The van der Waals surface area contributed by atoms with Gasteiger partial charge in [-0.05, 0) is 70.5 Å². The van der Waals surface area contributed by atoms with E-state index in [2.05, 4.69) is 41.8 Å². The molecule has 0 saturated carbocycles. The highest BCUT2D eigenvalue weighted by atomic mass is 16.5. The Bertz CT molecular complexity index is 629. The average molecular weight is 419 g/mol. The summed E-state index contributed by atoms with van der Waals surface area (Å²) in [7, 11) is 3.57. The maximum Gasteiger partial charge on any atom is 0.123 e. The lowest BCUT2D eigenvalue weighted by Gasteiger charge is -2.39. The van der Waals surface area contributed by atoms with Crippen molar-refractivity contribution in [2.75, 3.05) is 60.2 Å². The van der Waals surface area contributed by atoms with Crippen molar-refractivity contribution in [3.8, 4) is 5.75 Å². The van der Waals surface area contributed by atoms with Gasteiger partial charge in [0.25, 0.3) is 0 Å². The second-order valence-corrected chi connectivity index (χ2v) is 9.75. The van der Waals surface area contributed by atoms with Crippen LogP contribution in [-0.2, 0) is 16.0 Å². The first-order valence-electron chi connectivity index (χ1n) is 11.7. The van der Waals surface area contributed by atoms with E-state index in [0.717, 1.165) is 50.3 Å². The van der Waals surface area contributed by atoms with E-state index in [1.807, 2.05) is 13.2 Å². The van der Waals surface area contributed by atoms with E-state index < -0.39 is 0 Å². The molecule has 1 aromatic rings. The quantitative estimate of drug-likeness (QED) is 0.572. The van der Waals surface area contributed by atoms with Crippen LogP contribution >= 0.6 is 0 Å². The minimum Gasteiger partial charge on any atom is -0.496 e. The van der Waals surface area contributed by atoms with Gasteiger partial charge < -0.3 is 19.1 Å². The molecule has 3 rings (SSSR count). The molecule has 2 heterocycles. The fourth-order valence-corrected chi connectivity index (χ4v) is 5.12. The maximum absolute atomic E-state index is 5.93. The monoisotopic (exact) mass is 418 g/mol. The van der Waals surface area contributed by atoms with Gasteiger partial charge in [-0.2, -0.15) is 0 Å². The lowest BCUT2D eigenvalue weighted by atomic mass is 9.87. The van der Waals surface area contributed by atoms with Gasteiger partial charge >= 0.3 is 0 Å². The number of likely N-dealkylation sites (tertiary alicyclic amines) is 1. The predicted octanol–water partition coefficient (Wildman–Crippen LogP) is 4.06. The van der Waals surface area contributed by atoms with Gasteiger partial charge in [-0.3, -0.25) is 4.90 Å². The predicted molar refractivity (Wildman–Crippen MR) is 122 cm³/mol. The highest BCUT2D eigenvalue weighted by Crippen LogP contribution is 2.30. The zero-order chi connectivity index (χ0) is 21.4. The standard InChI is InChI=1S/C25H42N2O3/c1-25(2)17-22(11-15-30-25)19-27(14-16-28-3)18-21-9-12-26(13-10-21)20-23-7-5-6-8-24(23)29-4/h5-8,21-22H,9-20H2,1-4H3/t22-/m1/s1. The van der Waals surface area contributed by atoms with Crippen molar-refractivity contribution in [2.24, 2.45) is 11.8 Å². The zero-order valence-corrected chi connectivity index (χ0v) is 19.6. The highest BCUT2D eigenvalue weighted by molar-refractivity contribution is 5.33. The average Bonchev–Trinajstić information content (AvgIpc) is 2.73. The Labute approximate surface area is 183 Å². The molecule has 0 radical (unpaired) electrons. The van der Waals surface area contributed by atoms with Crippen LogP contribution in [0.1, 0.15) is 45.1 Å². The summed E-state index contributed by atoms with van der Waals surface area (Å²) < 4.78 is 16.9. The van der Waals surface area contributed by atoms with E-state index in [1.54, 1.807) is 7.11 Å². The van der Waals surface area contributed by atoms with Crippen LogP contribution in [0.25, 0.3) is 0 Å². The van der Waals surface area contributed by atoms with Crippen molar-refractivity contribution in [1.82, 2.24) is 9.80 Å². The molecule has 30 heavy (non-hydrogen) atoms. The summed E-state index contributed by atoms with van der Waals surface area (Å²) in [6, 6.07) is 8.40. The van der Waals surface area contributed by atoms with Gasteiger partial charge in [-0.15, -0.1) is 0 Å². The number of nitrogens with zero attached hydrogens (tertiary/aromatic N) is 2. The number of benzene rings is 1. The fourth-order valence-electron chi connectivity index (χ4n) is 5.12. The zero-order valence-electron chi connectivity index (χ0n) is 19.6. The van der Waals surface area contributed by atoms with Gasteiger partial charge in [-0.25, -0.2) is 0 Å². The molecule has 5 nitrogen and oxygen atoms in total. The first-order valence-corrected chi connectivity index (χ1v) is 11.7. The third kappa shape index (κ3) is 7.23. The first-order chi connectivity index (χ1) is 14.5. The molecule has 0 unspecified atom stereocenters. The van der Waals surface area contributed by atoms with Crippen molar-refractivity contribution in [1.29, 1.82) is 0 Å². The Morgan fingerprint density at radius 3 is 2.50 bits per heavy atom. The molecule has 2 aliphatic rings. The Morgan fingerprint density at radius 1 is 1.07 bits per heavy atom. The van der Waals surface area contributed by atoms with Gasteiger partial charge in [0.1, 0.15) is 5.75 Å². The molecular formula is C25H42N2O3. The number of piperidine rings is 1. The van der Waals surface area contributed by atoms with Crippen molar-refractivity contribution in [2.45, 2.75) is 51.7 Å². The number of rotatable bonds is 10. The summed E-state index contributed by atoms with van der Waals surface area (Å²) in [5.41, 5.74) is 1.32. The summed E-state index contributed by atoms with van der Waals surface area (Å²) in [6.45, 7) is 12.9. The minimum absolute atomic E-state index is 0.0275. The molecule has 0 bridgehead atoms. The van der Waals surface area contributed by atoms with Crippen LogP contribution in [0, 0.1) is 11.8 Å². The van der Waals surface area contributed by atoms with E-state index in [1.165, 1.54) is 51.0 Å². The van der Waals surface area contributed by atoms with Crippen LogP contribution in [-0.4, -0.2) is 75.6 Å². The van der Waals surface area contributed by atoms with Gasteiger partial charge in [-0.1, -0.05) is 18.2 Å². The van der Waals surface area contributed by atoms with Gasteiger partial charge in [0, 0.05) is 45.5 Å². The minimum atomic E-state index is 0.0275. The molecule has 0 aliphatic carbocycles. The molecule has 0 amide bonds. The number of hydrogen-bond donors (Lipinski definition) is 0. The Kier molecular flexibility index (Phi) is 8.99. The van der Waals surface area contributed by atoms with Crippen LogP contribution in [0.4, 0.5) is 0 Å². The van der Waals surface area contributed by atoms with Crippen LogP contribution in [0.2, 0.25) is 0 Å². The summed E-state index contributed by atoms with van der Waals surface area (Å²) in [4.78, 5) is 5.24. The largest absolute Gasteiger partial charge is 0.496 e. The van der Waals surface area contributed by atoms with Gasteiger partial charge in [0.05, 0.1) is 19.3 Å². The van der Waals surface area contributed by atoms with E-state index in [0.29, 0.717) is 0 Å². The smallest absolute Gasteiger partial charge is 0.123 e. The SMILES string of the molecule is COCCN(CC1CCN(Cc2ccccc2OC)CC1)C[C@@H]1CCOC(C)(C)C1. The molecule has 0 N–H and O–H groups in total. The molecular weight excluding hydrogens is 376 g/mol.